The first-order valence-electron chi connectivity index (χ1n) is 15.1. The van der Waals surface area contributed by atoms with Gasteiger partial charge in [0.25, 0.3) is 0 Å². The molecule has 0 bridgehead atoms. The average Bonchev–Trinajstić information content (AvgIpc) is 3.81. The molecule has 5 nitrogen and oxygen atoms in total. The van der Waals surface area contributed by atoms with Gasteiger partial charge < -0.3 is 15.9 Å². The molecule has 2 aromatic heterocycles. The van der Waals surface area contributed by atoms with Gasteiger partial charge in [0.05, 0.1) is 27.5 Å². The highest BCUT2D eigenvalue weighted by atomic mass is 16.3. The maximum atomic E-state index is 6.56. The van der Waals surface area contributed by atoms with Crippen molar-refractivity contribution in [2.75, 3.05) is 11.5 Å². The lowest BCUT2D eigenvalue weighted by molar-refractivity contribution is 0.617. The number of aromatic nitrogens is 2. The van der Waals surface area contributed by atoms with Crippen LogP contribution in [-0.2, 0) is 5.41 Å². The number of para-hydroxylation sites is 3. The van der Waals surface area contributed by atoms with Crippen molar-refractivity contribution in [1.29, 1.82) is 0 Å². The van der Waals surface area contributed by atoms with Gasteiger partial charge in [-0.05, 0) is 93.0 Å². The number of imidazole rings is 1. The van der Waals surface area contributed by atoms with E-state index in [0.717, 1.165) is 55.9 Å². The molecule has 4 N–H and O–H groups in total. The molecule has 0 aliphatic heterocycles. The lowest BCUT2D eigenvalue weighted by Gasteiger charge is -2.30. The average molecular weight is 579 g/mol. The minimum atomic E-state index is -0.554. The SMILES string of the molecule is Nc1ccc2c(c1)C1(c3ccccc3-c3cc(-c4nc5ccccc5n4-c4ccccc4)ccc31)c1ccc3occ(N)c3c1-2. The van der Waals surface area contributed by atoms with E-state index in [4.69, 9.17) is 20.9 Å². The molecule has 0 fully saturated rings. The van der Waals surface area contributed by atoms with Crippen molar-refractivity contribution < 1.29 is 4.42 Å². The number of hydrogen-bond donors (Lipinski definition) is 2. The van der Waals surface area contributed by atoms with E-state index in [0.29, 0.717) is 5.69 Å². The quantitative estimate of drug-likeness (QED) is 0.201. The first kappa shape index (κ1) is 24.4. The van der Waals surface area contributed by atoms with E-state index in [1.165, 1.54) is 33.4 Å². The highest BCUT2D eigenvalue weighted by Crippen LogP contribution is 2.64. The van der Waals surface area contributed by atoms with Gasteiger partial charge in [-0.15, -0.1) is 0 Å². The minimum Gasteiger partial charge on any atom is -0.462 e. The molecule has 2 heterocycles. The maximum absolute atomic E-state index is 6.56. The molecule has 1 unspecified atom stereocenters. The Morgan fingerprint density at radius 2 is 1.40 bits per heavy atom. The molecule has 2 aliphatic rings. The van der Waals surface area contributed by atoms with Crippen LogP contribution in [0.2, 0.25) is 0 Å². The zero-order chi connectivity index (χ0) is 29.9. The Hall–Kier alpha value is -6.07. The maximum Gasteiger partial charge on any atom is 0.145 e. The van der Waals surface area contributed by atoms with Crippen LogP contribution in [0.3, 0.4) is 0 Å². The van der Waals surface area contributed by atoms with Gasteiger partial charge in [-0.25, -0.2) is 4.98 Å². The van der Waals surface area contributed by atoms with E-state index in [2.05, 4.69) is 114 Å². The highest BCUT2D eigenvalue weighted by Gasteiger charge is 2.52. The minimum absolute atomic E-state index is 0.554. The number of anilines is 2. The fraction of sp³-hybridized carbons (Fsp3) is 0.0250. The summed E-state index contributed by atoms with van der Waals surface area (Å²) in [5.41, 5.74) is 28.3. The van der Waals surface area contributed by atoms with Crippen molar-refractivity contribution >= 4 is 33.4 Å². The number of nitrogen functional groups attached to an aromatic ring is 2. The molecule has 10 rings (SSSR count). The van der Waals surface area contributed by atoms with Gasteiger partial charge in [-0.3, -0.25) is 4.57 Å². The monoisotopic (exact) mass is 578 g/mol. The molecule has 212 valence electrons. The second-order valence-corrected chi connectivity index (χ2v) is 12.0. The molecule has 2 aliphatic carbocycles. The van der Waals surface area contributed by atoms with E-state index in [1.807, 2.05) is 18.2 Å². The van der Waals surface area contributed by atoms with Crippen molar-refractivity contribution in [1.82, 2.24) is 9.55 Å². The number of nitrogens with zero attached hydrogens (tertiary/aromatic N) is 2. The molecule has 5 heteroatoms. The zero-order valence-corrected chi connectivity index (χ0v) is 24.2. The molecule has 0 saturated heterocycles. The van der Waals surface area contributed by atoms with Gasteiger partial charge in [0, 0.05) is 16.9 Å². The van der Waals surface area contributed by atoms with Crippen LogP contribution in [0.4, 0.5) is 11.4 Å². The normalized spacial score (nSPS) is 15.8. The van der Waals surface area contributed by atoms with Crippen LogP contribution in [0.5, 0.6) is 0 Å². The molecule has 0 amide bonds. The standard InChI is InChI=1S/C40H26N4O/c41-24-15-16-27-32(21-24)40(31-18-19-36-38(37(27)31)33(42)22-45-36)29-11-5-4-10-26(29)28-20-23(14-17-30(28)40)39-43-34-12-6-7-13-35(34)44(39)25-8-2-1-3-9-25/h1-22H,41-42H2. The zero-order valence-electron chi connectivity index (χ0n) is 24.2. The number of benzene rings is 6. The summed E-state index contributed by atoms with van der Waals surface area (Å²) in [6.45, 7) is 0. The third-order valence-electron chi connectivity index (χ3n) is 9.77. The molecule has 0 radical (unpaired) electrons. The highest BCUT2D eigenvalue weighted by molar-refractivity contribution is 6.09. The van der Waals surface area contributed by atoms with E-state index in [9.17, 15) is 0 Å². The lowest BCUT2D eigenvalue weighted by Crippen LogP contribution is -2.26. The van der Waals surface area contributed by atoms with Crippen LogP contribution in [0.25, 0.3) is 61.3 Å². The summed E-state index contributed by atoms with van der Waals surface area (Å²) in [5.74, 6) is 0.910. The Morgan fingerprint density at radius 3 is 2.31 bits per heavy atom. The van der Waals surface area contributed by atoms with Gasteiger partial charge in [-0.2, -0.15) is 0 Å². The Kier molecular flexibility index (Phi) is 4.61. The van der Waals surface area contributed by atoms with Crippen molar-refractivity contribution in [3.63, 3.8) is 0 Å². The molecule has 1 atom stereocenters. The summed E-state index contributed by atoms with van der Waals surface area (Å²) in [6.07, 6.45) is 1.65. The summed E-state index contributed by atoms with van der Waals surface area (Å²) in [6, 6.07) is 44.9. The number of furan rings is 1. The first-order valence-corrected chi connectivity index (χ1v) is 15.1. The molecule has 1 spiro atoms. The Balaban J connectivity index is 1.30. The summed E-state index contributed by atoms with van der Waals surface area (Å²) in [4.78, 5) is 5.17. The molecule has 6 aromatic carbocycles. The lowest BCUT2D eigenvalue weighted by atomic mass is 9.70. The van der Waals surface area contributed by atoms with Gasteiger partial charge in [0.15, 0.2) is 0 Å². The van der Waals surface area contributed by atoms with Crippen molar-refractivity contribution in [2.24, 2.45) is 0 Å². The Bertz CT molecular complexity index is 2520. The number of hydrogen-bond acceptors (Lipinski definition) is 4. The van der Waals surface area contributed by atoms with Crippen molar-refractivity contribution in [3.8, 4) is 39.3 Å². The summed E-state index contributed by atoms with van der Waals surface area (Å²) in [5, 5.41) is 0.953. The smallest absolute Gasteiger partial charge is 0.145 e. The summed E-state index contributed by atoms with van der Waals surface area (Å²) in [7, 11) is 0. The fourth-order valence-electron chi connectivity index (χ4n) is 8.04. The van der Waals surface area contributed by atoms with E-state index in [-0.39, 0.29) is 0 Å². The van der Waals surface area contributed by atoms with E-state index < -0.39 is 5.41 Å². The van der Waals surface area contributed by atoms with Crippen molar-refractivity contribution in [3.05, 3.63) is 156 Å². The molecule has 45 heavy (non-hydrogen) atoms. The van der Waals surface area contributed by atoms with E-state index >= 15 is 0 Å². The number of fused-ring (bicyclic) bond motifs is 13. The van der Waals surface area contributed by atoms with Crippen LogP contribution in [-0.4, -0.2) is 9.55 Å². The van der Waals surface area contributed by atoms with Crippen LogP contribution in [0, 0.1) is 0 Å². The summed E-state index contributed by atoms with van der Waals surface area (Å²) < 4.78 is 8.14. The van der Waals surface area contributed by atoms with Crippen LogP contribution in [0.15, 0.2) is 138 Å². The van der Waals surface area contributed by atoms with Gasteiger partial charge >= 0.3 is 0 Å². The topological polar surface area (TPSA) is 83.0 Å². The third-order valence-corrected chi connectivity index (χ3v) is 9.77. The second-order valence-electron chi connectivity index (χ2n) is 12.0. The third kappa shape index (κ3) is 2.99. The Labute approximate surface area is 259 Å². The Morgan fingerprint density at radius 1 is 0.622 bits per heavy atom. The van der Waals surface area contributed by atoms with Crippen molar-refractivity contribution in [2.45, 2.75) is 5.41 Å². The second kappa shape index (κ2) is 8.52. The van der Waals surface area contributed by atoms with Gasteiger partial charge in [-0.1, -0.05) is 78.9 Å². The molecule has 8 aromatic rings. The predicted molar refractivity (Wildman–Crippen MR) is 181 cm³/mol. The number of nitrogens with two attached hydrogens (primary N) is 2. The first-order chi connectivity index (χ1) is 22.1. The number of rotatable bonds is 2. The summed E-state index contributed by atoms with van der Waals surface area (Å²) >= 11 is 0. The largest absolute Gasteiger partial charge is 0.462 e. The van der Waals surface area contributed by atoms with Crippen LogP contribution in [0.1, 0.15) is 22.3 Å². The molecular formula is C40H26N4O. The van der Waals surface area contributed by atoms with E-state index in [1.54, 1.807) is 6.26 Å². The van der Waals surface area contributed by atoms with Crippen LogP contribution >= 0.6 is 0 Å². The van der Waals surface area contributed by atoms with Gasteiger partial charge in [0.2, 0.25) is 0 Å². The van der Waals surface area contributed by atoms with Crippen LogP contribution < -0.4 is 11.5 Å². The fourth-order valence-corrected chi connectivity index (χ4v) is 8.04. The molecular weight excluding hydrogens is 552 g/mol. The predicted octanol–water partition coefficient (Wildman–Crippen LogP) is 8.95. The molecule has 0 saturated carbocycles. The van der Waals surface area contributed by atoms with Gasteiger partial charge in [0.1, 0.15) is 17.7 Å².